The van der Waals surface area contributed by atoms with Gasteiger partial charge in [0, 0.05) is 32.1 Å². The topological polar surface area (TPSA) is 71.4 Å². The number of ketones is 3. The Labute approximate surface area is 128 Å². The van der Waals surface area contributed by atoms with E-state index < -0.39 is 28.9 Å². The SMILES string of the molecule is CC(=O)C(O)(C(C)=O)C(=O)C(C(C)C)C(C)C.[Zr]. The average Bonchev–Trinajstić information content (AvgIpc) is 2.14. The van der Waals surface area contributed by atoms with Gasteiger partial charge in [-0.3, -0.25) is 14.4 Å². The third-order valence-electron chi connectivity index (χ3n) is 3.11. The fourth-order valence-corrected chi connectivity index (χ4v) is 2.21. The van der Waals surface area contributed by atoms with E-state index in [-0.39, 0.29) is 38.0 Å². The molecule has 0 amide bonds. The fraction of sp³-hybridized carbons (Fsp3) is 0.769. The van der Waals surface area contributed by atoms with Crippen LogP contribution in [0.4, 0.5) is 0 Å². The first-order valence-electron chi connectivity index (χ1n) is 5.85. The molecule has 0 aromatic heterocycles. The van der Waals surface area contributed by atoms with E-state index in [1.54, 1.807) is 0 Å². The van der Waals surface area contributed by atoms with Crippen LogP contribution in [0, 0.1) is 17.8 Å². The molecule has 0 unspecified atom stereocenters. The van der Waals surface area contributed by atoms with Gasteiger partial charge in [0.1, 0.15) is 0 Å². The van der Waals surface area contributed by atoms with Gasteiger partial charge in [-0.25, -0.2) is 0 Å². The van der Waals surface area contributed by atoms with Gasteiger partial charge in [0.25, 0.3) is 0 Å². The summed E-state index contributed by atoms with van der Waals surface area (Å²) in [7, 11) is 0. The van der Waals surface area contributed by atoms with Gasteiger partial charge in [-0.15, -0.1) is 0 Å². The average molecular weight is 334 g/mol. The maximum atomic E-state index is 12.2. The van der Waals surface area contributed by atoms with E-state index in [2.05, 4.69) is 0 Å². The molecule has 4 nitrogen and oxygen atoms in total. The molecule has 0 saturated carbocycles. The summed E-state index contributed by atoms with van der Waals surface area (Å²) in [6, 6.07) is 0. The first-order valence-corrected chi connectivity index (χ1v) is 5.85. The van der Waals surface area contributed by atoms with Crippen molar-refractivity contribution in [3.63, 3.8) is 0 Å². The minimum Gasteiger partial charge on any atom is -0.369 e. The molecule has 0 aliphatic heterocycles. The summed E-state index contributed by atoms with van der Waals surface area (Å²) < 4.78 is 0. The molecule has 0 aromatic carbocycles. The summed E-state index contributed by atoms with van der Waals surface area (Å²) in [5, 5.41) is 10.1. The van der Waals surface area contributed by atoms with Crippen molar-refractivity contribution in [2.45, 2.75) is 47.1 Å². The van der Waals surface area contributed by atoms with Crippen LogP contribution in [-0.2, 0) is 40.6 Å². The van der Waals surface area contributed by atoms with Gasteiger partial charge in [0.05, 0.1) is 0 Å². The van der Waals surface area contributed by atoms with Crippen LogP contribution in [0.3, 0.4) is 0 Å². The number of hydrogen-bond donors (Lipinski definition) is 1. The van der Waals surface area contributed by atoms with E-state index >= 15 is 0 Å². The molecule has 5 heteroatoms. The Morgan fingerprint density at radius 3 is 1.33 bits per heavy atom. The summed E-state index contributed by atoms with van der Waals surface area (Å²) in [5.74, 6) is -2.86. The van der Waals surface area contributed by atoms with Gasteiger partial charge >= 0.3 is 0 Å². The fourth-order valence-electron chi connectivity index (χ4n) is 2.21. The molecule has 0 atom stereocenters. The zero-order valence-corrected chi connectivity index (χ0v) is 14.4. The molecular weight excluding hydrogens is 311 g/mol. The molecule has 0 saturated heterocycles. The second-order valence-electron chi connectivity index (χ2n) is 5.20. The van der Waals surface area contributed by atoms with Crippen LogP contribution in [0.1, 0.15) is 41.5 Å². The van der Waals surface area contributed by atoms with E-state index in [0.717, 1.165) is 13.8 Å². The first-order chi connectivity index (χ1) is 7.56. The number of aliphatic hydroxyl groups is 1. The van der Waals surface area contributed by atoms with Gasteiger partial charge < -0.3 is 5.11 Å². The summed E-state index contributed by atoms with van der Waals surface area (Å²) in [4.78, 5) is 35.1. The van der Waals surface area contributed by atoms with Gasteiger partial charge in [0.15, 0.2) is 17.3 Å². The van der Waals surface area contributed by atoms with Crippen LogP contribution in [0.5, 0.6) is 0 Å². The van der Waals surface area contributed by atoms with Gasteiger partial charge in [0.2, 0.25) is 5.60 Å². The van der Waals surface area contributed by atoms with Crippen molar-refractivity contribution in [3.8, 4) is 0 Å². The Hall–Kier alpha value is -0.147. The maximum absolute atomic E-state index is 12.2. The second kappa shape index (κ2) is 7.44. The summed E-state index contributed by atoms with van der Waals surface area (Å²) in [6.45, 7) is 9.48. The standard InChI is InChI=1S/C13H22O4.Zr/c1-7(2)11(8(3)4)12(16)13(17,9(5)14)10(6)15;/h7-8,11,17H,1-6H3;. The Kier molecular flexibility index (Phi) is 8.34. The molecule has 0 rings (SSSR count). The molecule has 0 radical (unpaired) electrons. The molecule has 102 valence electrons. The van der Waals surface area contributed by atoms with Crippen molar-refractivity contribution in [2.24, 2.45) is 17.8 Å². The van der Waals surface area contributed by atoms with Crippen LogP contribution < -0.4 is 0 Å². The van der Waals surface area contributed by atoms with E-state index in [9.17, 15) is 19.5 Å². The van der Waals surface area contributed by atoms with Crippen molar-refractivity contribution in [1.82, 2.24) is 0 Å². The third kappa shape index (κ3) is 3.92. The number of hydrogen-bond acceptors (Lipinski definition) is 4. The van der Waals surface area contributed by atoms with Crippen molar-refractivity contribution >= 4 is 17.3 Å². The van der Waals surface area contributed by atoms with Crippen molar-refractivity contribution < 1.29 is 45.7 Å². The molecule has 0 bridgehead atoms. The molecule has 1 N–H and O–H groups in total. The molecule has 0 fully saturated rings. The second-order valence-corrected chi connectivity index (χ2v) is 5.20. The normalized spacial score (nSPS) is 11.7. The van der Waals surface area contributed by atoms with Gasteiger partial charge in [-0.05, 0) is 25.7 Å². The number of Topliss-reactive ketones (excluding diaryl/α,β-unsaturated/α-hetero) is 3. The summed E-state index contributed by atoms with van der Waals surface area (Å²) in [5.41, 5.74) is -2.47. The number of carbonyl (C=O) groups is 3. The third-order valence-corrected chi connectivity index (χ3v) is 3.11. The molecule has 0 heterocycles. The van der Waals surface area contributed by atoms with Gasteiger partial charge in [-0.2, -0.15) is 0 Å². The summed E-state index contributed by atoms with van der Waals surface area (Å²) >= 11 is 0. The van der Waals surface area contributed by atoms with Gasteiger partial charge in [-0.1, -0.05) is 27.7 Å². The summed E-state index contributed by atoms with van der Waals surface area (Å²) in [6.07, 6.45) is 0. The number of rotatable bonds is 6. The molecule has 0 spiro atoms. The van der Waals surface area contributed by atoms with E-state index in [1.807, 2.05) is 27.7 Å². The van der Waals surface area contributed by atoms with Crippen molar-refractivity contribution in [1.29, 1.82) is 0 Å². The molecule has 0 aliphatic rings. The van der Waals surface area contributed by atoms with Crippen LogP contribution in [-0.4, -0.2) is 28.1 Å². The van der Waals surface area contributed by atoms with E-state index in [1.165, 1.54) is 0 Å². The monoisotopic (exact) mass is 332 g/mol. The Morgan fingerprint density at radius 2 is 1.17 bits per heavy atom. The van der Waals surface area contributed by atoms with Crippen LogP contribution in [0.15, 0.2) is 0 Å². The molecule has 0 aromatic rings. The Balaban J connectivity index is 0. The van der Waals surface area contributed by atoms with Crippen molar-refractivity contribution in [3.05, 3.63) is 0 Å². The molecular formula is C13H22O4Zr. The zero-order chi connectivity index (χ0) is 14.0. The van der Waals surface area contributed by atoms with E-state index in [4.69, 9.17) is 0 Å². The quantitative estimate of drug-likeness (QED) is 0.746. The largest absolute Gasteiger partial charge is 0.369 e. The zero-order valence-electron chi connectivity index (χ0n) is 11.9. The smallest absolute Gasteiger partial charge is 0.239 e. The van der Waals surface area contributed by atoms with Crippen LogP contribution in [0.25, 0.3) is 0 Å². The minimum atomic E-state index is -2.47. The molecule has 0 aliphatic carbocycles. The van der Waals surface area contributed by atoms with Crippen LogP contribution >= 0.6 is 0 Å². The van der Waals surface area contributed by atoms with Crippen LogP contribution in [0.2, 0.25) is 0 Å². The predicted octanol–water partition coefficient (Wildman–Crippen LogP) is 1.39. The molecule has 18 heavy (non-hydrogen) atoms. The minimum absolute atomic E-state index is 0. The van der Waals surface area contributed by atoms with Crippen molar-refractivity contribution in [2.75, 3.05) is 0 Å². The first kappa shape index (κ1) is 20.2. The van der Waals surface area contributed by atoms with E-state index in [0.29, 0.717) is 0 Å². The number of carbonyl (C=O) groups excluding carboxylic acids is 3. The predicted molar refractivity (Wildman–Crippen MR) is 64.5 cm³/mol. The Morgan fingerprint density at radius 1 is 0.889 bits per heavy atom. The Bertz CT molecular complexity index is 312. The maximum Gasteiger partial charge on any atom is 0.239 e.